The lowest BCUT2D eigenvalue weighted by atomic mass is 10.1. The maximum absolute atomic E-state index is 12.8. The van der Waals surface area contributed by atoms with Crippen molar-refractivity contribution in [1.82, 2.24) is 9.80 Å². The van der Waals surface area contributed by atoms with Crippen molar-refractivity contribution in [3.63, 3.8) is 0 Å². The highest BCUT2D eigenvalue weighted by Gasteiger charge is 2.24. The average molecular weight is 418 g/mol. The fourth-order valence-corrected chi connectivity index (χ4v) is 3.14. The number of carboxylic acid groups (broad SMARTS) is 1. The van der Waals surface area contributed by atoms with E-state index < -0.39 is 5.97 Å². The van der Waals surface area contributed by atoms with Crippen molar-refractivity contribution in [1.29, 1.82) is 0 Å². The summed E-state index contributed by atoms with van der Waals surface area (Å²) in [6, 6.07) is 5.14. The molecule has 0 aliphatic carbocycles. The van der Waals surface area contributed by atoms with E-state index in [0.29, 0.717) is 29.5 Å². The molecule has 1 aliphatic rings. The van der Waals surface area contributed by atoms with Crippen molar-refractivity contribution in [3.8, 4) is 5.75 Å². The molecule has 9 heteroatoms. The lowest BCUT2D eigenvalue weighted by Gasteiger charge is -2.34. The molecule has 0 bridgehead atoms. The van der Waals surface area contributed by atoms with Crippen LogP contribution in [-0.2, 0) is 4.79 Å². The molecular weight excluding hydrogens is 390 g/mol. The number of rotatable bonds is 7. The third-order valence-corrected chi connectivity index (χ3v) is 4.64. The van der Waals surface area contributed by atoms with Gasteiger partial charge < -0.3 is 20.5 Å². The van der Waals surface area contributed by atoms with Gasteiger partial charge in [0.2, 0.25) is 0 Å². The first kappa shape index (κ1) is 23.6. The van der Waals surface area contributed by atoms with E-state index in [-0.39, 0.29) is 5.91 Å². The summed E-state index contributed by atoms with van der Waals surface area (Å²) in [4.78, 5) is 26.1. The number of thioether (sulfide) groups is 1. The molecule has 1 heterocycles. The summed E-state index contributed by atoms with van der Waals surface area (Å²) in [5.41, 5.74) is 5.99. The van der Waals surface area contributed by atoms with Gasteiger partial charge in [0.05, 0.1) is 5.56 Å². The molecule has 7 nitrogen and oxygen atoms in total. The third-order valence-electron chi connectivity index (χ3n) is 3.82. The number of carbonyl (C=O) groups is 2. The Morgan fingerprint density at radius 2 is 1.93 bits per heavy atom. The van der Waals surface area contributed by atoms with Crippen molar-refractivity contribution in [2.24, 2.45) is 5.73 Å². The van der Waals surface area contributed by atoms with Crippen molar-refractivity contribution >= 4 is 35.2 Å². The molecular formula is C18H28ClN3O4S. The van der Waals surface area contributed by atoms with E-state index in [1.165, 1.54) is 0 Å². The van der Waals surface area contributed by atoms with Gasteiger partial charge in [-0.05, 0) is 24.5 Å². The van der Waals surface area contributed by atoms with Gasteiger partial charge in [0.25, 0.3) is 11.9 Å². The van der Waals surface area contributed by atoms with E-state index in [4.69, 9.17) is 32.0 Å². The first-order valence-electron chi connectivity index (χ1n) is 8.71. The number of nitrogens with zero attached hydrogens (tertiary/aromatic N) is 2. The zero-order valence-electron chi connectivity index (χ0n) is 15.8. The Hall–Kier alpha value is -1.48. The molecule has 1 aromatic rings. The number of nitrogens with two attached hydrogens (primary N) is 1. The highest BCUT2D eigenvalue weighted by atomic mass is 35.5. The molecule has 3 N–H and O–H groups in total. The molecule has 1 aromatic carbocycles. The van der Waals surface area contributed by atoms with Gasteiger partial charge in [-0.2, -0.15) is 11.8 Å². The van der Waals surface area contributed by atoms with E-state index in [2.05, 4.69) is 11.2 Å². The van der Waals surface area contributed by atoms with Crippen LogP contribution in [0.1, 0.15) is 17.3 Å². The van der Waals surface area contributed by atoms with Crippen LogP contribution in [0.3, 0.4) is 0 Å². The highest BCUT2D eigenvalue weighted by Crippen LogP contribution is 2.25. The predicted molar refractivity (Wildman–Crippen MR) is 110 cm³/mol. The summed E-state index contributed by atoms with van der Waals surface area (Å²) in [5.74, 6) is 0.818. The van der Waals surface area contributed by atoms with Crippen LogP contribution in [0.5, 0.6) is 5.75 Å². The molecule has 1 aliphatic heterocycles. The Balaban J connectivity index is 0.000000828. The van der Waals surface area contributed by atoms with Crippen LogP contribution in [-0.4, -0.2) is 84.7 Å². The Kier molecular flexibility index (Phi) is 11.2. The van der Waals surface area contributed by atoms with Crippen molar-refractivity contribution in [2.75, 3.05) is 57.9 Å². The maximum Gasteiger partial charge on any atom is 0.300 e. The Labute approximate surface area is 169 Å². The predicted octanol–water partition coefficient (Wildman–Crippen LogP) is 1.89. The Bertz CT molecular complexity index is 606. The highest BCUT2D eigenvalue weighted by molar-refractivity contribution is 7.98. The molecule has 152 valence electrons. The van der Waals surface area contributed by atoms with Crippen LogP contribution in [0.2, 0.25) is 5.02 Å². The van der Waals surface area contributed by atoms with Crippen molar-refractivity contribution in [3.05, 3.63) is 28.8 Å². The van der Waals surface area contributed by atoms with Gasteiger partial charge in [-0.1, -0.05) is 11.6 Å². The third kappa shape index (κ3) is 8.83. The van der Waals surface area contributed by atoms with Crippen LogP contribution in [0.25, 0.3) is 0 Å². The SMILES string of the molecule is CC(=O)O.CSCCN1CCN(C(=O)c2cc(Cl)ccc2OCCN)CC1. The Morgan fingerprint density at radius 1 is 1.30 bits per heavy atom. The molecule has 0 atom stereocenters. The van der Waals surface area contributed by atoms with Crippen LogP contribution in [0.15, 0.2) is 18.2 Å². The van der Waals surface area contributed by atoms with Crippen molar-refractivity contribution < 1.29 is 19.4 Å². The zero-order chi connectivity index (χ0) is 20.2. The number of carbonyl (C=O) groups excluding carboxylic acids is 1. The van der Waals surface area contributed by atoms with E-state index in [1.807, 2.05) is 16.7 Å². The standard InChI is InChI=1S/C16H24ClN3O2S.C2H4O2/c1-23-11-9-19-5-7-20(8-6-19)16(21)14-12-13(17)2-3-15(14)22-10-4-18;1-2(3)4/h2-3,12H,4-11,18H2,1H3;1H3,(H,3,4). The monoisotopic (exact) mass is 417 g/mol. The minimum absolute atomic E-state index is 0.0240. The molecule has 0 radical (unpaired) electrons. The van der Waals surface area contributed by atoms with Crippen molar-refractivity contribution in [2.45, 2.75) is 6.92 Å². The second-order valence-corrected chi connectivity index (χ2v) is 7.35. The van der Waals surface area contributed by atoms with E-state index >= 15 is 0 Å². The molecule has 1 fully saturated rings. The molecule has 0 unspecified atom stereocenters. The van der Waals surface area contributed by atoms with E-state index in [9.17, 15) is 4.79 Å². The summed E-state index contributed by atoms with van der Waals surface area (Å²) in [5, 5.41) is 7.95. The van der Waals surface area contributed by atoms with Gasteiger partial charge in [-0.15, -0.1) is 0 Å². The molecule has 0 aromatic heterocycles. The molecule has 0 spiro atoms. The van der Waals surface area contributed by atoms with Gasteiger partial charge in [0.1, 0.15) is 12.4 Å². The van der Waals surface area contributed by atoms with E-state index in [0.717, 1.165) is 45.4 Å². The number of hydrogen-bond donors (Lipinski definition) is 2. The summed E-state index contributed by atoms with van der Waals surface area (Å²) in [7, 11) is 0. The smallest absolute Gasteiger partial charge is 0.300 e. The number of aliphatic carboxylic acids is 1. The molecule has 2 rings (SSSR count). The van der Waals surface area contributed by atoms with Gasteiger partial charge in [0, 0.05) is 57.0 Å². The number of piperazine rings is 1. The van der Waals surface area contributed by atoms with Gasteiger partial charge in [-0.25, -0.2) is 0 Å². The summed E-state index contributed by atoms with van der Waals surface area (Å²) in [6.07, 6.45) is 2.11. The topological polar surface area (TPSA) is 96.1 Å². The number of halogens is 1. The quantitative estimate of drug-likeness (QED) is 0.699. The van der Waals surface area contributed by atoms with E-state index in [1.54, 1.807) is 18.2 Å². The van der Waals surface area contributed by atoms with Crippen LogP contribution < -0.4 is 10.5 Å². The maximum atomic E-state index is 12.8. The molecule has 1 saturated heterocycles. The Morgan fingerprint density at radius 3 is 2.48 bits per heavy atom. The fourth-order valence-electron chi connectivity index (χ4n) is 2.53. The van der Waals surface area contributed by atoms with Gasteiger partial charge in [0.15, 0.2) is 0 Å². The molecule has 1 amide bonds. The largest absolute Gasteiger partial charge is 0.491 e. The van der Waals surface area contributed by atoms with Gasteiger partial charge >= 0.3 is 0 Å². The minimum atomic E-state index is -0.833. The number of ether oxygens (including phenoxy) is 1. The minimum Gasteiger partial charge on any atom is -0.491 e. The molecule has 0 saturated carbocycles. The normalized spacial score (nSPS) is 14.3. The number of benzene rings is 1. The fraction of sp³-hybridized carbons (Fsp3) is 0.556. The zero-order valence-corrected chi connectivity index (χ0v) is 17.4. The first-order valence-corrected chi connectivity index (χ1v) is 10.5. The second kappa shape index (κ2) is 12.8. The number of amides is 1. The van der Waals surface area contributed by atoms with Crippen LogP contribution in [0.4, 0.5) is 0 Å². The summed E-state index contributed by atoms with van der Waals surface area (Å²) < 4.78 is 5.58. The first-order chi connectivity index (χ1) is 12.9. The summed E-state index contributed by atoms with van der Waals surface area (Å²) >= 11 is 7.90. The number of carboxylic acids is 1. The molecule has 27 heavy (non-hydrogen) atoms. The summed E-state index contributed by atoms with van der Waals surface area (Å²) in [6.45, 7) is 6.23. The number of hydrogen-bond acceptors (Lipinski definition) is 6. The average Bonchev–Trinajstić information content (AvgIpc) is 2.64. The second-order valence-electron chi connectivity index (χ2n) is 5.92. The lowest BCUT2D eigenvalue weighted by molar-refractivity contribution is -0.134. The van der Waals surface area contributed by atoms with Crippen LogP contribution in [0, 0.1) is 0 Å². The lowest BCUT2D eigenvalue weighted by Crippen LogP contribution is -2.49. The van der Waals surface area contributed by atoms with Gasteiger partial charge in [-0.3, -0.25) is 14.5 Å². The van der Waals surface area contributed by atoms with Crippen LogP contribution >= 0.6 is 23.4 Å².